The van der Waals surface area contributed by atoms with Crippen LogP contribution in [0, 0.1) is 11.8 Å². The van der Waals surface area contributed by atoms with Crippen molar-refractivity contribution in [1.82, 2.24) is 10.2 Å². The maximum atomic E-state index is 14.1. The van der Waals surface area contributed by atoms with E-state index in [-0.39, 0.29) is 41.4 Å². The molecule has 1 aromatic carbocycles. The highest BCUT2D eigenvalue weighted by Crippen LogP contribution is 2.61. The molecule has 0 aromatic heterocycles. The van der Waals surface area contributed by atoms with E-state index < -0.39 is 69.8 Å². The molecule has 1 aromatic rings. The molecule has 5 rings (SSSR count). The van der Waals surface area contributed by atoms with Gasteiger partial charge in [-0.2, -0.15) is 4.89 Å². The monoisotopic (exact) mass is 569 g/mol. The standard InChI is InChI=1S/C29H35N3O9/c1-11-13-9-7-12(8-10-14(33)31-28(2,3)4)21(34)16(13)22(35)17-15(11)23(36)19-20(32(5)6)24(37)18(27(30)39)25(38)29(19)26(17)40-41-29/h7,9,11,15,19-20,23,34,36-37H,8,10H2,1-6H3,(H2,30,39)(H,31,33)/t11-,15+,19+,20-,23-,29+/m0/s1. The van der Waals surface area contributed by atoms with Crippen molar-refractivity contribution in [3.8, 4) is 5.75 Å². The van der Waals surface area contributed by atoms with Gasteiger partial charge in [0.2, 0.25) is 17.3 Å². The predicted molar refractivity (Wildman–Crippen MR) is 143 cm³/mol. The third-order valence-corrected chi connectivity index (χ3v) is 8.55. The van der Waals surface area contributed by atoms with E-state index in [4.69, 9.17) is 15.5 Å². The van der Waals surface area contributed by atoms with Crippen LogP contribution in [0.3, 0.4) is 0 Å². The number of Topliss-reactive ketones (excluding diaryl/α,β-unsaturated/α-hetero) is 2. The van der Waals surface area contributed by atoms with Crippen molar-refractivity contribution in [3.63, 3.8) is 0 Å². The molecule has 6 N–H and O–H groups in total. The second-order valence-corrected chi connectivity index (χ2v) is 12.5. The Morgan fingerprint density at radius 1 is 1.17 bits per heavy atom. The van der Waals surface area contributed by atoms with Crippen molar-refractivity contribution < 1.29 is 44.3 Å². The topological polar surface area (TPSA) is 189 Å². The summed E-state index contributed by atoms with van der Waals surface area (Å²) in [5.41, 5.74) is 3.09. The number of aromatic hydroxyl groups is 1. The van der Waals surface area contributed by atoms with Gasteiger partial charge in [-0.1, -0.05) is 19.1 Å². The number of aryl methyl sites for hydroxylation is 1. The molecule has 220 valence electrons. The Hall–Kier alpha value is -3.74. The van der Waals surface area contributed by atoms with E-state index in [0.717, 1.165) is 0 Å². The number of amides is 2. The van der Waals surface area contributed by atoms with Gasteiger partial charge in [0.05, 0.1) is 29.2 Å². The Balaban J connectivity index is 1.62. The zero-order valence-electron chi connectivity index (χ0n) is 23.8. The third-order valence-electron chi connectivity index (χ3n) is 8.55. The third kappa shape index (κ3) is 3.99. The number of likely N-dealkylation sites (N-methyl/N-ethyl adjacent to an activating group) is 1. The molecule has 4 aliphatic rings. The molecule has 1 spiro atoms. The smallest absolute Gasteiger partial charge is 0.255 e. The van der Waals surface area contributed by atoms with Crippen LogP contribution in [0.2, 0.25) is 0 Å². The molecule has 3 aliphatic carbocycles. The van der Waals surface area contributed by atoms with Gasteiger partial charge >= 0.3 is 0 Å². The van der Waals surface area contributed by atoms with Crippen LogP contribution in [-0.4, -0.2) is 81.0 Å². The number of aliphatic hydroxyl groups is 2. The van der Waals surface area contributed by atoms with E-state index in [9.17, 15) is 34.5 Å². The maximum absolute atomic E-state index is 14.1. The van der Waals surface area contributed by atoms with Crippen LogP contribution >= 0.6 is 0 Å². The Morgan fingerprint density at radius 3 is 2.37 bits per heavy atom. The number of nitrogens with zero attached hydrogens (tertiary/aromatic N) is 1. The van der Waals surface area contributed by atoms with Crippen LogP contribution in [0.25, 0.3) is 0 Å². The minimum absolute atomic E-state index is 0.0118. The number of hydrogen-bond donors (Lipinski definition) is 5. The van der Waals surface area contributed by atoms with E-state index >= 15 is 0 Å². The van der Waals surface area contributed by atoms with Gasteiger partial charge in [0.15, 0.2) is 11.5 Å². The number of hydrogen-bond acceptors (Lipinski definition) is 10. The maximum Gasteiger partial charge on any atom is 0.255 e. The molecule has 1 heterocycles. The van der Waals surface area contributed by atoms with Gasteiger partial charge in [0.25, 0.3) is 5.91 Å². The zero-order valence-corrected chi connectivity index (χ0v) is 23.8. The number of nitrogens with two attached hydrogens (primary N) is 1. The minimum atomic E-state index is -2.07. The summed E-state index contributed by atoms with van der Waals surface area (Å²) >= 11 is 0. The summed E-state index contributed by atoms with van der Waals surface area (Å²) in [5, 5.41) is 36.9. The summed E-state index contributed by atoms with van der Waals surface area (Å²) in [7, 11) is 3.19. The van der Waals surface area contributed by atoms with Crippen molar-refractivity contribution in [1.29, 1.82) is 0 Å². The first-order valence-electron chi connectivity index (χ1n) is 13.5. The fourth-order valence-corrected chi connectivity index (χ4v) is 6.86. The van der Waals surface area contributed by atoms with Crippen molar-refractivity contribution >= 4 is 23.4 Å². The SMILES string of the molecule is C[C@H]1c2ccc(CCC(=O)NC(C)(C)C)c(O)c2C(=O)C2=C3OO[C@]34C(=O)C(C(N)=O)=C(O)[C@@H](N(C)C)[C@@H]4[C@@H](O)[C@@H]21. The Labute approximate surface area is 236 Å². The van der Waals surface area contributed by atoms with Gasteiger partial charge in [-0.25, -0.2) is 0 Å². The fourth-order valence-electron chi connectivity index (χ4n) is 6.86. The molecule has 0 bridgehead atoms. The molecular weight excluding hydrogens is 534 g/mol. The van der Waals surface area contributed by atoms with Crippen LogP contribution < -0.4 is 11.1 Å². The van der Waals surface area contributed by atoms with Gasteiger partial charge in [0.1, 0.15) is 17.1 Å². The number of primary amides is 1. The predicted octanol–water partition coefficient (Wildman–Crippen LogP) is 0.911. The number of ketones is 2. The Morgan fingerprint density at radius 2 is 1.83 bits per heavy atom. The molecule has 1 fully saturated rings. The number of carbonyl (C=O) groups excluding carboxylic acids is 4. The second-order valence-electron chi connectivity index (χ2n) is 12.5. The first kappa shape index (κ1) is 28.8. The quantitative estimate of drug-likeness (QED) is 0.252. The number of rotatable bonds is 5. The largest absolute Gasteiger partial charge is 0.510 e. The van der Waals surface area contributed by atoms with Crippen LogP contribution in [0.4, 0.5) is 0 Å². The molecule has 1 aliphatic heterocycles. The molecule has 0 unspecified atom stereocenters. The highest BCUT2D eigenvalue weighted by molar-refractivity contribution is 6.25. The van der Waals surface area contributed by atoms with E-state index in [1.54, 1.807) is 33.2 Å². The molecule has 41 heavy (non-hydrogen) atoms. The number of phenols is 1. The molecule has 2 amide bonds. The van der Waals surface area contributed by atoms with Crippen LogP contribution in [0.15, 0.2) is 34.8 Å². The average molecular weight is 570 g/mol. The lowest BCUT2D eigenvalue weighted by Gasteiger charge is -2.58. The normalized spacial score (nSPS) is 30.6. The lowest BCUT2D eigenvalue weighted by atomic mass is 9.54. The highest BCUT2D eigenvalue weighted by atomic mass is 17.3. The van der Waals surface area contributed by atoms with Gasteiger partial charge in [-0.3, -0.25) is 24.1 Å². The van der Waals surface area contributed by atoms with Crippen LogP contribution in [0.5, 0.6) is 5.75 Å². The number of benzene rings is 1. The van der Waals surface area contributed by atoms with Crippen LogP contribution in [-0.2, 0) is 30.6 Å². The number of aliphatic hydroxyl groups excluding tert-OH is 2. The van der Waals surface area contributed by atoms with Gasteiger partial charge < -0.3 is 31.3 Å². The molecule has 12 nitrogen and oxygen atoms in total. The van der Waals surface area contributed by atoms with E-state index in [2.05, 4.69) is 5.32 Å². The van der Waals surface area contributed by atoms with Crippen molar-refractivity contribution in [2.45, 2.75) is 69.7 Å². The lowest BCUT2D eigenvalue weighted by molar-refractivity contribution is -0.433. The summed E-state index contributed by atoms with van der Waals surface area (Å²) in [6, 6.07) is 2.29. The highest BCUT2D eigenvalue weighted by Gasteiger charge is 2.74. The average Bonchev–Trinajstić information content (AvgIpc) is 2.82. The first-order chi connectivity index (χ1) is 19.0. The number of carbonyl (C=O) groups is 4. The minimum Gasteiger partial charge on any atom is -0.510 e. The first-order valence-corrected chi connectivity index (χ1v) is 13.5. The Kier molecular flexibility index (Phi) is 6.60. The number of nitrogens with one attached hydrogen (secondary N) is 1. The molecule has 12 heteroatoms. The van der Waals surface area contributed by atoms with Crippen molar-refractivity contribution in [2.24, 2.45) is 17.6 Å². The van der Waals surface area contributed by atoms with Gasteiger partial charge in [-0.05, 0) is 58.3 Å². The summed E-state index contributed by atoms with van der Waals surface area (Å²) in [6.07, 6.45) is -1.15. The van der Waals surface area contributed by atoms with E-state index in [1.807, 2.05) is 20.8 Å². The van der Waals surface area contributed by atoms with Crippen molar-refractivity contribution in [2.75, 3.05) is 14.1 Å². The van der Waals surface area contributed by atoms with Gasteiger partial charge in [0, 0.05) is 17.9 Å². The Bertz CT molecular complexity index is 1450. The molecule has 0 radical (unpaired) electrons. The molecular formula is C29H35N3O9. The summed E-state index contributed by atoms with van der Waals surface area (Å²) in [4.78, 5) is 64.7. The number of phenolic OH excluding ortho intramolecular Hbond substituents is 1. The van der Waals surface area contributed by atoms with E-state index in [1.165, 1.54) is 4.90 Å². The molecule has 6 atom stereocenters. The molecule has 0 saturated carbocycles. The summed E-state index contributed by atoms with van der Waals surface area (Å²) < 4.78 is 0. The van der Waals surface area contributed by atoms with Crippen molar-refractivity contribution in [3.05, 3.63) is 51.5 Å². The zero-order chi connectivity index (χ0) is 30.3. The molecule has 1 saturated heterocycles. The lowest BCUT2D eigenvalue weighted by Crippen LogP contribution is -2.73. The summed E-state index contributed by atoms with van der Waals surface area (Å²) in [5.74, 6) is -6.68. The van der Waals surface area contributed by atoms with E-state index in [0.29, 0.717) is 11.1 Å². The number of fused-ring (bicyclic) bond motifs is 2. The second kappa shape index (κ2) is 9.40. The van der Waals surface area contributed by atoms with Crippen LogP contribution in [0.1, 0.15) is 61.5 Å². The fraction of sp³-hybridized carbons (Fsp3) is 0.517. The summed E-state index contributed by atoms with van der Waals surface area (Å²) in [6.45, 7) is 7.35. The van der Waals surface area contributed by atoms with Gasteiger partial charge in [-0.15, -0.1) is 0 Å².